The minimum atomic E-state index is -0.882. The third-order valence-electron chi connectivity index (χ3n) is 6.13. The summed E-state index contributed by atoms with van der Waals surface area (Å²) in [5.74, 6) is -1.78. The van der Waals surface area contributed by atoms with Crippen LogP contribution in [0.25, 0.3) is 11.3 Å². The summed E-state index contributed by atoms with van der Waals surface area (Å²) >= 11 is 8.67. The van der Waals surface area contributed by atoms with E-state index in [1.807, 2.05) is 31.4 Å². The molecule has 0 saturated carbocycles. The van der Waals surface area contributed by atoms with Crippen LogP contribution in [-0.2, 0) is 13.8 Å². The van der Waals surface area contributed by atoms with E-state index in [1.165, 1.54) is 30.0 Å². The van der Waals surface area contributed by atoms with Crippen molar-refractivity contribution in [1.29, 1.82) is 0 Å². The quantitative estimate of drug-likeness (QED) is 0.0636. The summed E-state index contributed by atoms with van der Waals surface area (Å²) in [5.41, 5.74) is 0.968. The SMILES string of the molecule is C=CC(=O)N1CCOSN(/C(=N/c2c(C)cccc2SC)c2cc(F)c(-c3c(F)cccc3Cl)nc2NC=O)CC1. The summed E-state index contributed by atoms with van der Waals surface area (Å²) in [4.78, 5) is 35.7. The number of halogens is 3. The Kier molecular flexibility index (Phi) is 10.4. The lowest BCUT2D eigenvalue weighted by molar-refractivity contribution is -0.126. The third-order valence-corrected chi connectivity index (χ3v) is 8.02. The molecular formula is C28H26ClF2N5O3S2. The van der Waals surface area contributed by atoms with Crippen LogP contribution in [-0.4, -0.2) is 64.8 Å². The number of carbonyl (C=O) groups is 2. The standard InChI is InChI=1S/C28H26ClF2N5O3S2/c1-4-23(38)35-11-12-36(41-39-14-13-35)28(34-25-17(2)7-5-10-22(25)40-3)18-15-21(31)26(33-27(18)32-16-37)24-19(29)8-6-9-20(24)30/h4-10,15-16H,1,11-14H2,2-3H3,(H,32,33,37)/b34-28+. The van der Waals surface area contributed by atoms with E-state index in [2.05, 4.69) is 16.9 Å². The number of rotatable bonds is 7. The van der Waals surface area contributed by atoms with Gasteiger partial charge in [-0.1, -0.05) is 36.4 Å². The lowest BCUT2D eigenvalue weighted by atomic mass is 10.1. The van der Waals surface area contributed by atoms with E-state index < -0.39 is 11.6 Å². The first-order valence-electron chi connectivity index (χ1n) is 12.3. The Morgan fingerprint density at radius 3 is 2.71 bits per heavy atom. The number of nitrogens with zero attached hydrogens (tertiary/aromatic N) is 4. The number of aliphatic imine (C=N–C) groups is 1. The molecule has 0 spiro atoms. The van der Waals surface area contributed by atoms with E-state index in [0.29, 0.717) is 25.2 Å². The number of benzene rings is 2. The highest BCUT2D eigenvalue weighted by molar-refractivity contribution is 7.98. The topological polar surface area (TPSA) is 87.1 Å². The fourth-order valence-electron chi connectivity index (χ4n) is 4.12. The molecule has 2 aromatic carbocycles. The number of anilines is 1. The fourth-order valence-corrected chi connectivity index (χ4v) is 5.63. The summed E-state index contributed by atoms with van der Waals surface area (Å²) in [6.45, 7) is 6.55. The second kappa shape index (κ2) is 13.9. The average Bonchev–Trinajstić information content (AvgIpc) is 2.94. The molecule has 3 aromatic rings. The van der Waals surface area contributed by atoms with Crippen molar-refractivity contribution in [3.05, 3.63) is 82.9 Å². The number of amidine groups is 1. The average molecular weight is 618 g/mol. The Morgan fingerprint density at radius 1 is 1.22 bits per heavy atom. The van der Waals surface area contributed by atoms with Crippen LogP contribution in [0, 0.1) is 18.6 Å². The number of para-hydroxylation sites is 1. The van der Waals surface area contributed by atoms with Crippen molar-refractivity contribution in [2.75, 3.05) is 37.8 Å². The van der Waals surface area contributed by atoms with Gasteiger partial charge in [0, 0.05) is 18.0 Å². The maximum absolute atomic E-state index is 15.8. The minimum absolute atomic E-state index is 0.0423. The number of thioether (sulfide) groups is 1. The molecule has 41 heavy (non-hydrogen) atoms. The molecule has 13 heteroatoms. The first kappa shape index (κ1) is 30.5. The lowest BCUT2D eigenvalue weighted by Gasteiger charge is -2.31. The van der Waals surface area contributed by atoms with Crippen LogP contribution in [0.1, 0.15) is 11.1 Å². The molecule has 1 aliphatic rings. The van der Waals surface area contributed by atoms with E-state index in [-0.39, 0.29) is 52.6 Å². The Hall–Kier alpha value is -3.45. The first-order valence-corrected chi connectivity index (χ1v) is 14.6. The van der Waals surface area contributed by atoms with Crippen LogP contribution in [0.3, 0.4) is 0 Å². The van der Waals surface area contributed by atoms with E-state index in [0.717, 1.165) is 34.8 Å². The van der Waals surface area contributed by atoms with Gasteiger partial charge in [-0.05, 0) is 49.1 Å². The molecule has 1 aliphatic heterocycles. The van der Waals surface area contributed by atoms with Gasteiger partial charge >= 0.3 is 0 Å². The maximum Gasteiger partial charge on any atom is 0.246 e. The molecule has 1 aromatic heterocycles. The van der Waals surface area contributed by atoms with Crippen LogP contribution in [0.15, 0.2) is 65.0 Å². The lowest BCUT2D eigenvalue weighted by Crippen LogP contribution is -2.42. The predicted molar refractivity (Wildman–Crippen MR) is 160 cm³/mol. The van der Waals surface area contributed by atoms with E-state index in [9.17, 15) is 14.0 Å². The second-order valence-electron chi connectivity index (χ2n) is 8.66. The van der Waals surface area contributed by atoms with Crippen molar-refractivity contribution < 1.29 is 22.6 Å². The van der Waals surface area contributed by atoms with Gasteiger partial charge in [0.2, 0.25) is 12.3 Å². The normalized spacial score (nSPS) is 14.3. The highest BCUT2D eigenvalue weighted by Crippen LogP contribution is 2.36. The monoisotopic (exact) mass is 617 g/mol. The maximum atomic E-state index is 15.8. The number of carbonyl (C=O) groups excluding carboxylic acids is 2. The highest BCUT2D eigenvalue weighted by atomic mass is 35.5. The summed E-state index contributed by atoms with van der Waals surface area (Å²) < 4.78 is 37.9. The molecule has 0 unspecified atom stereocenters. The predicted octanol–water partition coefficient (Wildman–Crippen LogP) is 6.27. The Morgan fingerprint density at radius 2 is 2.00 bits per heavy atom. The number of amides is 2. The van der Waals surface area contributed by atoms with Gasteiger partial charge in [-0.25, -0.2) is 18.8 Å². The molecule has 214 valence electrons. The number of aromatic nitrogens is 1. The van der Waals surface area contributed by atoms with Crippen LogP contribution >= 0.6 is 35.6 Å². The molecule has 0 atom stereocenters. The smallest absolute Gasteiger partial charge is 0.246 e. The van der Waals surface area contributed by atoms with Gasteiger partial charge in [0.1, 0.15) is 29.6 Å². The van der Waals surface area contributed by atoms with E-state index >= 15 is 4.39 Å². The van der Waals surface area contributed by atoms with Crippen LogP contribution in [0.2, 0.25) is 5.02 Å². The zero-order chi connectivity index (χ0) is 29.5. The molecule has 4 rings (SSSR count). The molecule has 8 nitrogen and oxygen atoms in total. The zero-order valence-electron chi connectivity index (χ0n) is 22.2. The molecular weight excluding hydrogens is 592 g/mol. The molecule has 2 amide bonds. The van der Waals surface area contributed by atoms with Crippen molar-refractivity contribution in [1.82, 2.24) is 14.2 Å². The second-order valence-corrected chi connectivity index (χ2v) is 10.7. The van der Waals surface area contributed by atoms with Crippen molar-refractivity contribution >= 4 is 65.2 Å². The molecule has 0 radical (unpaired) electrons. The van der Waals surface area contributed by atoms with Crippen molar-refractivity contribution in [3.63, 3.8) is 0 Å². The minimum Gasteiger partial charge on any atom is -0.335 e. The van der Waals surface area contributed by atoms with Crippen molar-refractivity contribution in [2.24, 2.45) is 4.99 Å². The number of aryl methyl sites for hydroxylation is 1. The van der Waals surface area contributed by atoms with Crippen molar-refractivity contribution in [3.8, 4) is 11.3 Å². The fraction of sp³-hybridized carbons (Fsp3) is 0.214. The third kappa shape index (κ3) is 6.89. The van der Waals surface area contributed by atoms with Crippen LogP contribution in [0.4, 0.5) is 20.3 Å². The molecule has 1 N–H and O–H groups in total. The van der Waals surface area contributed by atoms with Crippen molar-refractivity contribution in [2.45, 2.75) is 11.8 Å². The molecule has 0 aliphatic carbocycles. The van der Waals surface area contributed by atoms with Gasteiger partial charge in [0.15, 0.2) is 11.7 Å². The first-order chi connectivity index (χ1) is 19.8. The zero-order valence-corrected chi connectivity index (χ0v) is 24.6. The highest BCUT2D eigenvalue weighted by Gasteiger charge is 2.27. The van der Waals surface area contributed by atoms with Gasteiger partial charge < -0.3 is 10.2 Å². The summed E-state index contributed by atoms with van der Waals surface area (Å²) in [6, 6.07) is 10.8. The Labute approximate surface area is 250 Å². The molecule has 0 bridgehead atoms. The Bertz CT molecular complexity index is 1490. The van der Waals surface area contributed by atoms with Gasteiger partial charge in [0.25, 0.3) is 0 Å². The van der Waals surface area contributed by atoms with Gasteiger partial charge in [-0.3, -0.25) is 18.1 Å². The summed E-state index contributed by atoms with van der Waals surface area (Å²) in [6.07, 6.45) is 3.52. The number of hydrogen-bond donors (Lipinski definition) is 1. The van der Waals surface area contributed by atoms with Gasteiger partial charge in [0.05, 0.1) is 35.0 Å². The molecule has 1 fully saturated rings. The number of nitrogens with one attached hydrogen (secondary N) is 1. The summed E-state index contributed by atoms with van der Waals surface area (Å²) in [5, 5.41) is 2.46. The summed E-state index contributed by atoms with van der Waals surface area (Å²) in [7, 11) is 0. The number of hydrogen-bond acceptors (Lipinski definition) is 7. The van der Waals surface area contributed by atoms with E-state index in [4.69, 9.17) is 20.8 Å². The van der Waals surface area contributed by atoms with Gasteiger partial charge in [-0.15, -0.1) is 11.8 Å². The largest absolute Gasteiger partial charge is 0.335 e. The number of pyridine rings is 1. The van der Waals surface area contributed by atoms with Gasteiger partial charge in [-0.2, -0.15) is 0 Å². The molecule has 1 saturated heterocycles. The van der Waals surface area contributed by atoms with Crippen LogP contribution < -0.4 is 5.32 Å². The molecule has 2 heterocycles. The Balaban J connectivity index is 1.93. The van der Waals surface area contributed by atoms with E-state index in [1.54, 1.807) is 9.21 Å². The van der Waals surface area contributed by atoms with Crippen LogP contribution in [0.5, 0.6) is 0 Å².